The third kappa shape index (κ3) is 3.05. The molecule has 0 saturated carbocycles. The summed E-state index contributed by atoms with van der Waals surface area (Å²) in [5.41, 5.74) is 1.61. The predicted octanol–water partition coefficient (Wildman–Crippen LogP) is 3.45. The molecule has 0 atom stereocenters. The molecule has 2 aromatic heterocycles. The zero-order valence-corrected chi connectivity index (χ0v) is 11.8. The van der Waals surface area contributed by atoms with Gasteiger partial charge in [0.2, 0.25) is 0 Å². The molecule has 0 spiro atoms. The molecular formula is C12H9BrClN3O. The molecule has 2 heterocycles. The minimum absolute atomic E-state index is 0.288. The topological polar surface area (TPSA) is 54.9 Å². The quantitative estimate of drug-likeness (QED) is 0.860. The molecule has 2 aromatic rings. The zero-order valence-electron chi connectivity index (χ0n) is 9.45. The van der Waals surface area contributed by atoms with Gasteiger partial charge < -0.3 is 5.32 Å². The summed E-state index contributed by atoms with van der Waals surface area (Å²) in [4.78, 5) is 20.1. The van der Waals surface area contributed by atoms with E-state index in [9.17, 15) is 4.79 Å². The number of amides is 1. The standard InChI is InChI=1S/C12H9BrClN3O/c1-7-8(5-6-11(14)15-7)17-12(18)9-3-2-4-10(13)16-9/h2-6H,1H3,(H,17,18). The highest BCUT2D eigenvalue weighted by atomic mass is 79.9. The van der Waals surface area contributed by atoms with Gasteiger partial charge in [-0.05, 0) is 47.1 Å². The second-order valence-electron chi connectivity index (χ2n) is 3.57. The number of pyridine rings is 2. The monoisotopic (exact) mass is 325 g/mol. The smallest absolute Gasteiger partial charge is 0.274 e. The van der Waals surface area contributed by atoms with E-state index in [1.54, 1.807) is 37.3 Å². The van der Waals surface area contributed by atoms with Crippen molar-refractivity contribution < 1.29 is 4.79 Å². The maximum atomic E-state index is 11.9. The molecule has 0 saturated heterocycles. The van der Waals surface area contributed by atoms with Gasteiger partial charge in [-0.25, -0.2) is 9.97 Å². The summed E-state index contributed by atoms with van der Waals surface area (Å²) in [7, 11) is 0. The predicted molar refractivity (Wildman–Crippen MR) is 73.9 cm³/mol. The van der Waals surface area contributed by atoms with Crippen LogP contribution in [0.4, 0.5) is 5.69 Å². The molecule has 0 aliphatic rings. The molecule has 0 aliphatic carbocycles. The van der Waals surface area contributed by atoms with Crippen LogP contribution in [0.3, 0.4) is 0 Å². The van der Waals surface area contributed by atoms with E-state index in [1.165, 1.54) is 0 Å². The molecule has 0 fully saturated rings. The van der Waals surface area contributed by atoms with Crippen LogP contribution < -0.4 is 5.32 Å². The van der Waals surface area contributed by atoms with Crippen LogP contribution in [-0.4, -0.2) is 15.9 Å². The van der Waals surface area contributed by atoms with Gasteiger partial charge >= 0.3 is 0 Å². The molecule has 1 N–H and O–H groups in total. The summed E-state index contributed by atoms with van der Waals surface area (Å²) < 4.78 is 0.612. The molecule has 0 unspecified atom stereocenters. The van der Waals surface area contributed by atoms with Gasteiger partial charge in [0.05, 0.1) is 11.4 Å². The fraction of sp³-hybridized carbons (Fsp3) is 0.0833. The van der Waals surface area contributed by atoms with Crippen LogP contribution in [0.1, 0.15) is 16.2 Å². The molecule has 1 amide bonds. The lowest BCUT2D eigenvalue weighted by Crippen LogP contribution is -2.14. The van der Waals surface area contributed by atoms with Gasteiger partial charge in [0, 0.05) is 0 Å². The van der Waals surface area contributed by atoms with Crippen molar-refractivity contribution in [2.45, 2.75) is 6.92 Å². The molecule has 0 radical (unpaired) electrons. The summed E-state index contributed by atoms with van der Waals surface area (Å²) in [5, 5.41) is 3.13. The molecular weight excluding hydrogens is 318 g/mol. The number of aryl methyl sites for hydroxylation is 1. The van der Waals surface area contributed by atoms with Crippen molar-refractivity contribution in [3.8, 4) is 0 Å². The Kier molecular flexibility index (Phi) is 3.93. The zero-order chi connectivity index (χ0) is 13.1. The van der Waals surface area contributed by atoms with E-state index in [0.717, 1.165) is 0 Å². The first kappa shape index (κ1) is 13.0. The van der Waals surface area contributed by atoms with Crippen LogP contribution in [0, 0.1) is 6.92 Å². The minimum atomic E-state index is -0.288. The molecule has 4 nitrogen and oxygen atoms in total. The lowest BCUT2D eigenvalue weighted by molar-refractivity contribution is 0.102. The largest absolute Gasteiger partial charge is 0.319 e. The number of nitrogens with one attached hydrogen (secondary N) is 1. The number of anilines is 1. The van der Waals surface area contributed by atoms with Crippen molar-refractivity contribution in [1.82, 2.24) is 9.97 Å². The molecule has 2 rings (SSSR count). The third-order valence-corrected chi connectivity index (χ3v) is 2.90. The minimum Gasteiger partial charge on any atom is -0.319 e. The van der Waals surface area contributed by atoms with Crippen LogP contribution >= 0.6 is 27.5 Å². The highest BCUT2D eigenvalue weighted by molar-refractivity contribution is 9.10. The molecule has 0 aliphatic heterocycles. The van der Waals surface area contributed by atoms with E-state index in [0.29, 0.717) is 26.8 Å². The molecule has 0 bridgehead atoms. The number of carbonyl (C=O) groups excluding carboxylic acids is 1. The van der Waals surface area contributed by atoms with Crippen molar-refractivity contribution in [2.24, 2.45) is 0 Å². The first-order valence-electron chi connectivity index (χ1n) is 5.13. The Bertz CT molecular complexity index is 604. The van der Waals surface area contributed by atoms with E-state index in [2.05, 4.69) is 31.2 Å². The van der Waals surface area contributed by atoms with Crippen molar-refractivity contribution in [1.29, 1.82) is 0 Å². The first-order valence-corrected chi connectivity index (χ1v) is 6.30. The van der Waals surface area contributed by atoms with Crippen LogP contribution in [0.25, 0.3) is 0 Å². The Morgan fingerprint density at radius 1 is 1.28 bits per heavy atom. The molecule has 92 valence electrons. The van der Waals surface area contributed by atoms with Crippen molar-refractivity contribution >= 4 is 39.1 Å². The van der Waals surface area contributed by atoms with E-state index in [1.807, 2.05) is 0 Å². The summed E-state index contributed by atoms with van der Waals surface area (Å²) >= 11 is 8.97. The lowest BCUT2D eigenvalue weighted by Gasteiger charge is -2.07. The lowest BCUT2D eigenvalue weighted by atomic mass is 10.3. The highest BCUT2D eigenvalue weighted by Gasteiger charge is 2.10. The van der Waals surface area contributed by atoms with Gasteiger partial charge in [-0.2, -0.15) is 0 Å². The van der Waals surface area contributed by atoms with E-state index < -0.39 is 0 Å². The van der Waals surface area contributed by atoms with Crippen molar-refractivity contribution in [3.05, 3.63) is 51.5 Å². The second-order valence-corrected chi connectivity index (χ2v) is 4.77. The van der Waals surface area contributed by atoms with E-state index in [-0.39, 0.29) is 5.91 Å². The maximum absolute atomic E-state index is 11.9. The van der Waals surface area contributed by atoms with Crippen LogP contribution in [0.15, 0.2) is 34.9 Å². The number of hydrogen-bond donors (Lipinski definition) is 1. The number of carbonyl (C=O) groups is 1. The number of rotatable bonds is 2. The van der Waals surface area contributed by atoms with Crippen LogP contribution in [-0.2, 0) is 0 Å². The van der Waals surface area contributed by atoms with Crippen LogP contribution in [0.2, 0.25) is 5.15 Å². The Morgan fingerprint density at radius 3 is 2.72 bits per heavy atom. The Balaban J connectivity index is 2.21. The summed E-state index contributed by atoms with van der Waals surface area (Å²) in [6.07, 6.45) is 0. The molecule has 6 heteroatoms. The number of aromatic nitrogens is 2. The summed E-state index contributed by atoms with van der Waals surface area (Å²) in [5.74, 6) is -0.288. The normalized spacial score (nSPS) is 10.2. The second kappa shape index (κ2) is 5.46. The summed E-state index contributed by atoms with van der Waals surface area (Å²) in [6, 6.07) is 8.47. The Hall–Kier alpha value is -1.46. The Morgan fingerprint density at radius 2 is 2.06 bits per heavy atom. The third-order valence-electron chi connectivity index (χ3n) is 2.25. The Labute approximate surface area is 118 Å². The van der Waals surface area contributed by atoms with Crippen LogP contribution in [0.5, 0.6) is 0 Å². The molecule has 18 heavy (non-hydrogen) atoms. The summed E-state index contributed by atoms with van der Waals surface area (Å²) in [6.45, 7) is 1.77. The molecule has 0 aromatic carbocycles. The maximum Gasteiger partial charge on any atom is 0.274 e. The first-order chi connectivity index (χ1) is 8.56. The van der Waals surface area contributed by atoms with Crippen molar-refractivity contribution in [2.75, 3.05) is 5.32 Å². The average Bonchev–Trinajstić information content (AvgIpc) is 2.32. The number of hydrogen-bond acceptors (Lipinski definition) is 3. The van der Waals surface area contributed by atoms with Gasteiger partial charge in [-0.1, -0.05) is 17.7 Å². The number of nitrogens with zero attached hydrogens (tertiary/aromatic N) is 2. The fourth-order valence-corrected chi connectivity index (χ4v) is 1.92. The van der Waals surface area contributed by atoms with Gasteiger partial charge in [-0.3, -0.25) is 4.79 Å². The SMILES string of the molecule is Cc1nc(Cl)ccc1NC(=O)c1cccc(Br)n1. The van der Waals surface area contributed by atoms with E-state index >= 15 is 0 Å². The average molecular weight is 327 g/mol. The van der Waals surface area contributed by atoms with Gasteiger partial charge in [0.25, 0.3) is 5.91 Å². The number of halogens is 2. The van der Waals surface area contributed by atoms with Gasteiger partial charge in [-0.15, -0.1) is 0 Å². The highest BCUT2D eigenvalue weighted by Crippen LogP contribution is 2.16. The van der Waals surface area contributed by atoms with Crippen molar-refractivity contribution in [3.63, 3.8) is 0 Å². The fourth-order valence-electron chi connectivity index (χ4n) is 1.38. The van der Waals surface area contributed by atoms with E-state index in [4.69, 9.17) is 11.6 Å². The van der Waals surface area contributed by atoms with Gasteiger partial charge in [0.15, 0.2) is 0 Å². The van der Waals surface area contributed by atoms with Gasteiger partial charge in [0.1, 0.15) is 15.5 Å².